The van der Waals surface area contributed by atoms with E-state index in [1.807, 2.05) is 30.0 Å². The highest BCUT2D eigenvalue weighted by Crippen LogP contribution is 2.45. The van der Waals surface area contributed by atoms with Gasteiger partial charge in [0.1, 0.15) is 5.75 Å². The molecule has 5 rings (SSSR count). The predicted molar refractivity (Wildman–Crippen MR) is 139 cm³/mol. The number of ether oxygens (including phenoxy) is 1. The fourth-order valence-electron chi connectivity index (χ4n) is 4.86. The molecule has 0 radical (unpaired) electrons. The van der Waals surface area contributed by atoms with E-state index < -0.39 is 5.60 Å². The Hall–Kier alpha value is -2.73. The summed E-state index contributed by atoms with van der Waals surface area (Å²) in [5, 5.41) is 4.38. The van der Waals surface area contributed by atoms with Gasteiger partial charge >= 0.3 is 0 Å². The van der Waals surface area contributed by atoms with E-state index in [1.165, 1.54) is 0 Å². The second-order valence-electron chi connectivity index (χ2n) is 8.85. The van der Waals surface area contributed by atoms with Crippen LogP contribution in [-0.2, 0) is 23.2 Å². The van der Waals surface area contributed by atoms with Gasteiger partial charge in [0.2, 0.25) is 5.60 Å². The molecule has 1 N–H and O–H groups in total. The first-order chi connectivity index (χ1) is 16.8. The summed E-state index contributed by atoms with van der Waals surface area (Å²) in [6.45, 7) is 3.15. The van der Waals surface area contributed by atoms with E-state index in [0.29, 0.717) is 51.4 Å². The minimum absolute atomic E-state index is 0.166. The highest BCUT2D eigenvalue weighted by molar-refractivity contribution is 6.31. The number of nitrogens with one attached hydrogen (secondary N) is 1. The van der Waals surface area contributed by atoms with Crippen LogP contribution in [-0.4, -0.2) is 29.8 Å². The lowest BCUT2D eigenvalue weighted by Gasteiger charge is -2.30. The molecule has 2 amide bonds. The van der Waals surface area contributed by atoms with Crippen molar-refractivity contribution in [1.29, 1.82) is 0 Å². The average molecular weight is 530 g/mol. The third-order valence-corrected chi connectivity index (χ3v) is 7.23. The van der Waals surface area contributed by atoms with Crippen LogP contribution in [0.2, 0.25) is 15.1 Å². The van der Waals surface area contributed by atoms with Gasteiger partial charge in [-0.15, -0.1) is 0 Å². The van der Waals surface area contributed by atoms with E-state index in [2.05, 4.69) is 5.32 Å². The van der Waals surface area contributed by atoms with Gasteiger partial charge in [-0.05, 0) is 66.4 Å². The number of hydrogen-bond acceptors (Lipinski definition) is 3. The van der Waals surface area contributed by atoms with Crippen molar-refractivity contribution in [3.8, 4) is 5.75 Å². The molecule has 0 saturated carbocycles. The van der Waals surface area contributed by atoms with Gasteiger partial charge in [-0.3, -0.25) is 9.59 Å². The molecule has 1 unspecified atom stereocenters. The zero-order chi connectivity index (χ0) is 24.7. The molecule has 0 bridgehead atoms. The summed E-state index contributed by atoms with van der Waals surface area (Å²) in [5.74, 6) is -0.253. The topological polar surface area (TPSA) is 58.6 Å². The van der Waals surface area contributed by atoms with Crippen LogP contribution in [0.1, 0.15) is 40.4 Å². The lowest BCUT2D eigenvalue weighted by molar-refractivity contribution is -0.130. The third-order valence-electron chi connectivity index (χ3n) is 6.53. The molecule has 2 aliphatic rings. The van der Waals surface area contributed by atoms with Crippen molar-refractivity contribution in [2.45, 2.75) is 31.8 Å². The molecule has 0 fully saturated rings. The zero-order valence-corrected chi connectivity index (χ0v) is 21.3. The Balaban J connectivity index is 1.76. The fraction of sp³-hybridized carbons (Fsp3) is 0.259. The van der Waals surface area contributed by atoms with E-state index >= 15 is 0 Å². The van der Waals surface area contributed by atoms with Gasteiger partial charge in [-0.25, -0.2) is 0 Å². The summed E-state index contributed by atoms with van der Waals surface area (Å²) in [5.41, 5.74) is 2.01. The van der Waals surface area contributed by atoms with Crippen LogP contribution in [0.3, 0.4) is 0 Å². The Morgan fingerprint density at radius 2 is 1.66 bits per heavy atom. The molecule has 2 heterocycles. The van der Waals surface area contributed by atoms with Crippen LogP contribution in [0.4, 0.5) is 5.69 Å². The van der Waals surface area contributed by atoms with E-state index in [1.54, 1.807) is 36.4 Å². The number of amides is 2. The smallest absolute Gasteiger partial charge is 0.273 e. The van der Waals surface area contributed by atoms with Crippen molar-refractivity contribution in [2.24, 2.45) is 0 Å². The van der Waals surface area contributed by atoms with Crippen LogP contribution in [0.5, 0.6) is 5.75 Å². The van der Waals surface area contributed by atoms with Crippen LogP contribution < -0.4 is 10.1 Å². The van der Waals surface area contributed by atoms with Crippen molar-refractivity contribution >= 4 is 52.3 Å². The van der Waals surface area contributed by atoms with Crippen molar-refractivity contribution in [1.82, 2.24) is 4.90 Å². The number of nitrogens with zero attached hydrogens (tertiary/aromatic N) is 1. The second kappa shape index (κ2) is 9.38. The number of halogens is 3. The number of carbonyl (C=O) groups excluding carboxylic acids is 2. The normalized spacial score (nSPS) is 19.4. The molecule has 0 saturated heterocycles. The van der Waals surface area contributed by atoms with E-state index in [-0.39, 0.29) is 24.0 Å². The summed E-state index contributed by atoms with van der Waals surface area (Å²) in [6, 6.07) is 15.8. The Kier molecular flexibility index (Phi) is 6.43. The van der Waals surface area contributed by atoms with Gasteiger partial charge in [0, 0.05) is 40.1 Å². The van der Waals surface area contributed by atoms with Gasteiger partial charge in [0.25, 0.3) is 11.8 Å². The molecule has 35 heavy (non-hydrogen) atoms. The molecule has 3 aromatic rings. The second-order valence-corrected chi connectivity index (χ2v) is 10.2. The molecule has 2 aliphatic heterocycles. The van der Waals surface area contributed by atoms with Gasteiger partial charge in [0.15, 0.2) is 0 Å². The van der Waals surface area contributed by atoms with Gasteiger partial charge in [-0.2, -0.15) is 0 Å². The van der Waals surface area contributed by atoms with Gasteiger partial charge in [0.05, 0.1) is 11.3 Å². The lowest BCUT2D eigenvalue weighted by atomic mass is 9.85. The number of anilines is 1. The molecule has 5 nitrogen and oxygen atoms in total. The van der Waals surface area contributed by atoms with Crippen LogP contribution >= 0.6 is 34.8 Å². The molecule has 0 aliphatic carbocycles. The molecule has 0 aromatic heterocycles. The van der Waals surface area contributed by atoms with Gasteiger partial charge < -0.3 is 15.0 Å². The van der Waals surface area contributed by atoms with Crippen LogP contribution in [0.25, 0.3) is 0 Å². The van der Waals surface area contributed by atoms with E-state index in [0.717, 1.165) is 17.5 Å². The van der Waals surface area contributed by atoms with Crippen LogP contribution in [0, 0.1) is 0 Å². The molecule has 180 valence electrons. The number of benzene rings is 3. The monoisotopic (exact) mass is 528 g/mol. The maximum atomic E-state index is 13.7. The minimum atomic E-state index is -1.45. The number of fused-ring (bicyclic) bond motifs is 4. The van der Waals surface area contributed by atoms with E-state index in [9.17, 15) is 9.59 Å². The van der Waals surface area contributed by atoms with Crippen molar-refractivity contribution in [3.63, 3.8) is 0 Å². The largest absolute Gasteiger partial charge is 0.471 e. The van der Waals surface area contributed by atoms with Crippen molar-refractivity contribution in [3.05, 3.63) is 91.9 Å². The predicted octanol–water partition coefficient (Wildman–Crippen LogP) is 6.52. The van der Waals surface area contributed by atoms with Crippen molar-refractivity contribution < 1.29 is 14.3 Å². The number of rotatable bonds is 2. The summed E-state index contributed by atoms with van der Waals surface area (Å²) in [7, 11) is 0. The Labute approximate surface area is 218 Å². The Morgan fingerprint density at radius 3 is 2.46 bits per heavy atom. The third kappa shape index (κ3) is 4.37. The lowest BCUT2D eigenvalue weighted by Crippen LogP contribution is -2.43. The Morgan fingerprint density at radius 1 is 0.943 bits per heavy atom. The SMILES string of the molecule is CCCN1CCc2ccc(Cl)cc2CC2(Oc3cc(Cl)ccc3C1=O)C(=O)Nc1cc(Cl)ccc12. The van der Waals surface area contributed by atoms with Crippen molar-refractivity contribution in [2.75, 3.05) is 18.4 Å². The maximum Gasteiger partial charge on any atom is 0.273 e. The maximum absolute atomic E-state index is 13.7. The van der Waals surface area contributed by atoms with Gasteiger partial charge in [-0.1, -0.05) is 53.9 Å². The van der Waals surface area contributed by atoms with Crippen LogP contribution in [0.15, 0.2) is 54.6 Å². The van der Waals surface area contributed by atoms with E-state index in [4.69, 9.17) is 39.5 Å². The highest BCUT2D eigenvalue weighted by atomic mass is 35.5. The first kappa shape index (κ1) is 24.0. The summed E-state index contributed by atoms with van der Waals surface area (Å²) >= 11 is 18.9. The summed E-state index contributed by atoms with van der Waals surface area (Å²) < 4.78 is 6.60. The average Bonchev–Trinajstić information content (AvgIpc) is 3.06. The summed E-state index contributed by atoms with van der Waals surface area (Å²) in [4.78, 5) is 29.2. The Bertz CT molecular complexity index is 1340. The number of carbonyl (C=O) groups is 2. The molecular formula is C27H23Cl3N2O3. The molecule has 8 heteroatoms. The zero-order valence-electron chi connectivity index (χ0n) is 19.0. The fourth-order valence-corrected chi connectivity index (χ4v) is 5.39. The highest BCUT2D eigenvalue weighted by Gasteiger charge is 2.50. The molecule has 1 atom stereocenters. The molecular weight excluding hydrogens is 507 g/mol. The molecule has 3 aromatic carbocycles. The standard InChI is InChI=1S/C27H23Cl3N2O3/c1-2-10-32-11-9-16-3-4-18(28)12-17(16)15-27(22-8-6-19(29)13-23(22)31-26(27)34)35-24-14-20(30)5-7-21(24)25(32)33/h3-8,12-14H,2,9-11,15H2,1H3,(H,31,34). The first-order valence-corrected chi connectivity index (χ1v) is 12.6. The first-order valence-electron chi connectivity index (χ1n) is 11.5. The molecule has 1 spiro atoms. The number of hydrogen-bond donors (Lipinski definition) is 1. The quantitative estimate of drug-likeness (QED) is 0.411. The minimum Gasteiger partial charge on any atom is -0.471 e. The summed E-state index contributed by atoms with van der Waals surface area (Å²) in [6.07, 6.45) is 1.65.